The number of carbonyl (C=O) groups excluding carboxylic acids is 1. The van der Waals surface area contributed by atoms with Gasteiger partial charge in [-0.2, -0.15) is 0 Å². The number of rotatable bonds is 7. The predicted molar refractivity (Wildman–Crippen MR) is 110 cm³/mol. The van der Waals surface area contributed by atoms with E-state index in [1.54, 1.807) is 14.2 Å². The van der Waals surface area contributed by atoms with Gasteiger partial charge in [-0.3, -0.25) is 4.79 Å². The van der Waals surface area contributed by atoms with Gasteiger partial charge in [0.1, 0.15) is 0 Å². The largest absolute Gasteiger partial charge is 0.493 e. The third-order valence-electron chi connectivity index (χ3n) is 5.76. The molecule has 2 aromatic carbocycles. The van der Waals surface area contributed by atoms with Gasteiger partial charge in [0.2, 0.25) is 5.91 Å². The summed E-state index contributed by atoms with van der Waals surface area (Å²) in [6.07, 6.45) is 5.16. The fourth-order valence-electron chi connectivity index (χ4n) is 3.97. The van der Waals surface area contributed by atoms with Crippen molar-refractivity contribution in [1.29, 1.82) is 0 Å². The summed E-state index contributed by atoms with van der Waals surface area (Å²) in [5, 5.41) is 4.32. The van der Waals surface area contributed by atoms with Crippen LogP contribution in [0.1, 0.15) is 36.3 Å². The minimum atomic E-state index is -0.0507. The Morgan fingerprint density at radius 3 is 2.64 bits per heavy atom. The number of benzene rings is 2. The first-order valence-corrected chi connectivity index (χ1v) is 9.77. The molecule has 0 unspecified atom stereocenters. The van der Waals surface area contributed by atoms with Crippen molar-refractivity contribution < 1.29 is 14.3 Å². The minimum Gasteiger partial charge on any atom is -0.493 e. The highest BCUT2D eigenvalue weighted by Crippen LogP contribution is 2.40. The van der Waals surface area contributed by atoms with Crippen molar-refractivity contribution in [3.05, 3.63) is 59.8 Å². The molecule has 146 valence electrons. The number of hydrogen-bond donors (Lipinski definition) is 2. The zero-order valence-electron chi connectivity index (χ0n) is 16.3. The van der Waals surface area contributed by atoms with Gasteiger partial charge < -0.3 is 19.8 Å². The van der Waals surface area contributed by atoms with E-state index in [0.29, 0.717) is 18.0 Å². The highest BCUT2D eigenvalue weighted by Gasteiger charge is 2.28. The number of aromatic nitrogens is 1. The Morgan fingerprint density at radius 2 is 1.93 bits per heavy atom. The maximum atomic E-state index is 12.5. The number of carbonyl (C=O) groups is 1. The summed E-state index contributed by atoms with van der Waals surface area (Å²) in [5.74, 6) is 1.66. The smallest absolute Gasteiger partial charge is 0.223 e. The summed E-state index contributed by atoms with van der Waals surface area (Å²) in [6, 6.07) is 14.1. The summed E-state index contributed by atoms with van der Waals surface area (Å²) in [5.41, 5.74) is 3.21. The van der Waals surface area contributed by atoms with Gasteiger partial charge in [0.25, 0.3) is 0 Å². The van der Waals surface area contributed by atoms with Crippen molar-refractivity contribution in [2.75, 3.05) is 20.8 Å². The van der Waals surface area contributed by atoms with Crippen molar-refractivity contribution in [2.45, 2.75) is 25.2 Å². The number of methoxy groups -OCH3 is 2. The van der Waals surface area contributed by atoms with Gasteiger partial charge in [0.05, 0.1) is 14.2 Å². The maximum Gasteiger partial charge on any atom is 0.223 e. The number of amides is 1. The van der Waals surface area contributed by atoms with Crippen molar-refractivity contribution in [2.24, 2.45) is 5.92 Å². The Kier molecular flexibility index (Phi) is 5.24. The zero-order chi connectivity index (χ0) is 19.5. The lowest BCUT2D eigenvalue weighted by Gasteiger charge is -2.26. The van der Waals surface area contributed by atoms with Crippen molar-refractivity contribution in [3.63, 3.8) is 0 Å². The number of H-pyrrole nitrogens is 1. The lowest BCUT2D eigenvalue weighted by molar-refractivity contribution is -0.127. The van der Waals surface area contributed by atoms with Crippen LogP contribution in [-0.4, -0.2) is 31.7 Å². The van der Waals surface area contributed by atoms with Crippen LogP contribution in [0.3, 0.4) is 0 Å². The topological polar surface area (TPSA) is 63.3 Å². The molecule has 28 heavy (non-hydrogen) atoms. The van der Waals surface area contributed by atoms with Crippen LogP contribution in [0.2, 0.25) is 0 Å². The Hall–Kier alpha value is -2.95. The molecule has 1 fully saturated rings. The van der Waals surface area contributed by atoms with E-state index in [9.17, 15) is 4.79 Å². The SMILES string of the molecule is COc1cccc([C@H](CNC(=O)C2CCC2)c2c[nH]c3ccccc23)c1OC. The average Bonchev–Trinajstić information content (AvgIpc) is 3.10. The summed E-state index contributed by atoms with van der Waals surface area (Å²) in [7, 11) is 3.29. The average molecular weight is 378 g/mol. The number of para-hydroxylation sites is 2. The van der Waals surface area contributed by atoms with E-state index >= 15 is 0 Å². The van der Waals surface area contributed by atoms with Crippen molar-refractivity contribution in [3.8, 4) is 11.5 Å². The van der Waals surface area contributed by atoms with E-state index in [2.05, 4.69) is 22.4 Å². The second kappa shape index (κ2) is 7.97. The molecule has 0 saturated heterocycles. The second-order valence-electron chi connectivity index (χ2n) is 7.30. The van der Waals surface area contributed by atoms with Crippen LogP contribution < -0.4 is 14.8 Å². The molecular weight excluding hydrogens is 352 g/mol. The maximum absolute atomic E-state index is 12.5. The summed E-state index contributed by atoms with van der Waals surface area (Å²) in [4.78, 5) is 15.8. The van der Waals surface area contributed by atoms with E-state index in [0.717, 1.165) is 41.3 Å². The van der Waals surface area contributed by atoms with E-state index in [-0.39, 0.29) is 17.7 Å². The lowest BCUT2D eigenvalue weighted by Crippen LogP contribution is -2.37. The van der Waals surface area contributed by atoms with Crippen LogP contribution in [0.15, 0.2) is 48.7 Å². The van der Waals surface area contributed by atoms with Crippen molar-refractivity contribution in [1.82, 2.24) is 10.3 Å². The molecule has 0 spiro atoms. The molecule has 1 amide bonds. The van der Waals surface area contributed by atoms with Crippen LogP contribution in [0.5, 0.6) is 11.5 Å². The number of aromatic amines is 1. The van der Waals surface area contributed by atoms with E-state index in [1.165, 1.54) is 0 Å². The first-order valence-electron chi connectivity index (χ1n) is 9.77. The van der Waals surface area contributed by atoms with Gasteiger partial charge in [-0.1, -0.05) is 36.8 Å². The third kappa shape index (κ3) is 3.33. The van der Waals surface area contributed by atoms with Crippen LogP contribution in [-0.2, 0) is 4.79 Å². The molecule has 4 rings (SSSR count). The summed E-state index contributed by atoms with van der Waals surface area (Å²) >= 11 is 0. The molecule has 1 saturated carbocycles. The van der Waals surface area contributed by atoms with Crippen LogP contribution >= 0.6 is 0 Å². The molecule has 1 heterocycles. The van der Waals surface area contributed by atoms with Gasteiger partial charge in [0.15, 0.2) is 11.5 Å². The predicted octanol–water partition coefficient (Wildman–Crippen LogP) is 4.23. The Balaban J connectivity index is 1.74. The molecule has 0 bridgehead atoms. The van der Waals surface area contributed by atoms with Gasteiger partial charge in [-0.25, -0.2) is 0 Å². The molecule has 1 aliphatic carbocycles. The summed E-state index contributed by atoms with van der Waals surface area (Å²) in [6.45, 7) is 0.515. The lowest BCUT2D eigenvalue weighted by atomic mass is 9.84. The van der Waals surface area contributed by atoms with Gasteiger partial charge >= 0.3 is 0 Å². The highest BCUT2D eigenvalue weighted by molar-refractivity contribution is 5.85. The normalized spacial score (nSPS) is 15.1. The molecule has 3 aromatic rings. The van der Waals surface area contributed by atoms with E-state index < -0.39 is 0 Å². The number of hydrogen-bond acceptors (Lipinski definition) is 3. The van der Waals surface area contributed by atoms with Gasteiger partial charge in [-0.05, 0) is 30.5 Å². The first kappa shape index (κ1) is 18.4. The molecule has 2 N–H and O–H groups in total. The monoisotopic (exact) mass is 378 g/mol. The van der Waals surface area contributed by atoms with E-state index in [1.807, 2.05) is 36.5 Å². The van der Waals surface area contributed by atoms with Crippen molar-refractivity contribution >= 4 is 16.8 Å². The van der Waals surface area contributed by atoms with Crippen LogP contribution in [0.25, 0.3) is 10.9 Å². The molecule has 5 nitrogen and oxygen atoms in total. The standard InChI is InChI=1S/C23H26N2O3/c1-27-21-12-6-10-17(22(21)28-2)19(14-25-23(26)15-7-5-8-15)18-13-24-20-11-4-3-9-16(18)20/h3-4,6,9-13,15,19,24H,5,7-8,14H2,1-2H3,(H,25,26)/t19-/m0/s1. The van der Waals surface area contributed by atoms with Crippen LogP contribution in [0.4, 0.5) is 0 Å². The van der Waals surface area contributed by atoms with Gasteiger partial charge in [-0.15, -0.1) is 0 Å². The molecule has 1 atom stereocenters. The quantitative estimate of drug-likeness (QED) is 0.647. The fraction of sp³-hybridized carbons (Fsp3) is 0.348. The molecule has 1 aromatic heterocycles. The number of ether oxygens (including phenoxy) is 2. The molecule has 0 aliphatic heterocycles. The van der Waals surface area contributed by atoms with Crippen LogP contribution in [0, 0.1) is 5.92 Å². The second-order valence-corrected chi connectivity index (χ2v) is 7.30. The molecule has 1 aliphatic rings. The van der Waals surface area contributed by atoms with E-state index in [4.69, 9.17) is 9.47 Å². The first-order chi connectivity index (χ1) is 13.7. The van der Waals surface area contributed by atoms with Gasteiger partial charge in [0, 0.05) is 41.0 Å². The fourth-order valence-corrected chi connectivity index (χ4v) is 3.97. The molecular formula is C23H26N2O3. The highest BCUT2D eigenvalue weighted by atomic mass is 16.5. The molecule has 0 radical (unpaired) electrons. The third-order valence-corrected chi connectivity index (χ3v) is 5.76. The summed E-state index contributed by atoms with van der Waals surface area (Å²) < 4.78 is 11.2. The Bertz CT molecular complexity index is 975. The minimum absolute atomic E-state index is 0.0507. The Morgan fingerprint density at radius 1 is 1.11 bits per heavy atom. The number of nitrogens with one attached hydrogen (secondary N) is 2. The Labute approximate surface area is 165 Å². The zero-order valence-corrected chi connectivity index (χ0v) is 16.3. The molecule has 5 heteroatoms. The number of fused-ring (bicyclic) bond motifs is 1.